The maximum atomic E-state index is 13.8. The minimum atomic E-state index is -0.131. The Bertz CT molecular complexity index is 606. The predicted molar refractivity (Wildman–Crippen MR) is 82.9 cm³/mol. The summed E-state index contributed by atoms with van der Waals surface area (Å²) >= 11 is 0. The van der Waals surface area contributed by atoms with Crippen LogP contribution in [0.3, 0.4) is 0 Å². The highest BCUT2D eigenvalue weighted by molar-refractivity contribution is 5.48. The molecule has 0 spiro atoms. The van der Waals surface area contributed by atoms with E-state index in [1.165, 1.54) is 11.6 Å². The lowest BCUT2D eigenvalue weighted by Crippen LogP contribution is -2.46. The van der Waals surface area contributed by atoms with Gasteiger partial charge in [-0.1, -0.05) is 18.2 Å². The average molecular weight is 285 g/mol. The summed E-state index contributed by atoms with van der Waals surface area (Å²) in [5.74, 6) is -0.131. The van der Waals surface area contributed by atoms with Crippen molar-refractivity contribution in [1.29, 1.82) is 0 Å². The maximum absolute atomic E-state index is 13.8. The molecule has 1 aromatic carbocycles. The molecule has 0 N–H and O–H groups in total. The van der Waals surface area contributed by atoms with E-state index in [1.807, 2.05) is 31.3 Å². The van der Waals surface area contributed by atoms with Gasteiger partial charge in [-0.05, 0) is 30.7 Å². The van der Waals surface area contributed by atoms with Gasteiger partial charge in [0.2, 0.25) is 0 Å². The molecule has 1 fully saturated rings. The van der Waals surface area contributed by atoms with Gasteiger partial charge in [0.15, 0.2) is 0 Å². The van der Waals surface area contributed by atoms with E-state index in [-0.39, 0.29) is 5.82 Å². The molecule has 0 amide bonds. The molecule has 21 heavy (non-hydrogen) atoms. The lowest BCUT2D eigenvalue weighted by molar-refractivity contribution is 0.248. The summed E-state index contributed by atoms with van der Waals surface area (Å²) < 4.78 is 13.8. The van der Waals surface area contributed by atoms with Gasteiger partial charge in [-0.3, -0.25) is 9.88 Å². The van der Waals surface area contributed by atoms with Crippen molar-refractivity contribution in [1.82, 2.24) is 9.88 Å². The Hall–Kier alpha value is -1.94. The number of piperazine rings is 1. The van der Waals surface area contributed by atoms with E-state index in [4.69, 9.17) is 0 Å². The molecule has 2 heterocycles. The first-order valence-corrected chi connectivity index (χ1v) is 7.36. The fourth-order valence-corrected chi connectivity index (χ4v) is 2.78. The van der Waals surface area contributed by atoms with Crippen molar-refractivity contribution < 1.29 is 4.39 Å². The van der Waals surface area contributed by atoms with Crippen LogP contribution in [-0.4, -0.2) is 36.1 Å². The highest BCUT2D eigenvalue weighted by Crippen LogP contribution is 2.20. The lowest BCUT2D eigenvalue weighted by atomic mass is 10.1. The second kappa shape index (κ2) is 6.22. The fraction of sp³-hybridized carbons (Fsp3) is 0.353. The van der Waals surface area contributed by atoms with Gasteiger partial charge in [-0.2, -0.15) is 0 Å². The first-order chi connectivity index (χ1) is 10.2. The van der Waals surface area contributed by atoms with Crippen molar-refractivity contribution in [2.75, 3.05) is 31.1 Å². The smallest absolute Gasteiger partial charge is 0.146 e. The minimum Gasteiger partial charge on any atom is -0.367 e. The van der Waals surface area contributed by atoms with Crippen LogP contribution in [0.1, 0.15) is 11.3 Å². The molecule has 1 saturated heterocycles. The van der Waals surface area contributed by atoms with Crippen molar-refractivity contribution in [2.24, 2.45) is 0 Å². The first-order valence-electron chi connectivity index (χ1n) is 7.36. The van der Waals surface area contributed by atoms with E-state index in [9.17, 15) is 4.39 Å². The van der Waals surface area contributed by atoms with Gasteiger partial charge < -0.3 is 4.90 Å². The van der Waals surface area contributed by atoms with Gasteiger partial charge in [-0.25, -0.2) is 4.39 Å². The standard InChI is InChI=1S/C17H20FN3/c1-14-15(5-4-8-19-14)13-20-9-11-21(12-10-20)17-7-3-2-6-16(17)18/h2-8H,9-13H2,1H3. The summed E-state index contributed by atoms with van der Waals surface area (Å²) in [5.41, 5.74) is 3.08. The molecule has 0 radical (unpaired) electrons. The Balaban J connectivity index is 1.61. The Morgan fingerprint density at radius 2 is 1.81 bits per heavy atom. The van der Waals surface area contributed by atoms with Crippen LogP contribution < -0.4 is 4.90 Å². The Kier molecular flexibility index (Phi) is 4.15. The molecule has 110 valence electrons. The van der Waals surface area contributed by atoms with E-state index in [0.717, 1.165) is 44.1 Å². The Morgan fingerprint density at radius 1 is 1.05 bits per heavy atom. The first kappa shape index (κ1) is 14.0. The van der Waals surface area contributed by atoms with Crippen molar-refractivity contribution in [3.63, 3.8) is 0 Å². The number of para-hydroxylation sites is 1. The number of benzene rings is 1. The molecular weight excluding hydrogens is 265 g/mol. The van der Waals surface area contributed by atoms with E-state index < -0.39 is 0 Å². The van der Waals surface area contributed by atoms with Gasteiger partial charge >= 0.3 is 0 Å². The molecule has 3 nitrogen and oxygen atoms in total. The number of aromatic nitrogens is 1. The second-order valence-electron chi connectivity index (χ2n) is 5.46. The summed E-state index contributed by atoms with van der Waals surface area (Å²) in [7, 11) is 0. The van der Waals surface area contributed by atoms with E-state index in [1.54, 1.807) is 6.07 Å². The van der Waals surface area contributed by atoms with Crippen molar-refractivity contribution in [3.05, 3.63) is 59.7 Å². The highest BCUT2D eigenvalue weighted by atomic mass is 19.1. The maximum Gasteiger partial charge on any atom is 0.146 e. The van der Waals surface area contributed by atoms with E-state index in [0.29, 0.717) is 0 Å². The zero-order valence-corrected chi connectivity index (χ0v) is 12.3. The molecule has 0 bridgehead atoms. The zero-order chi connectivity index (χ0) is 14.7. The van der Waals surface area contributed by atoms with Crippen LogP contribution >= 0.6 is 0 Å². The van der Waals surface area contributed by atoms with Gasteiger partial charge in [0.05, 0.1) is 5.69 Å². The molecule has 1 aliphatic heterocycles. The summed E-state index contributed by atoms with van der Waals surface area (Å²) in [6.45, 7) is 6.58. The van der Waals surface area contributed by atoms with Crippen LogP contribution in [0.25, 0.3) is 0 Å². The van der Waals surface area contributed by atoms with E-state index >= 15 is 0 Å². The molecule has 1 aromatic heterocycles. The third-order valence-corrected chi connectivity index (χ3v) is 4.08. The number of nitrogens with zero attached hydrogens (tertiary/aromatic N) is 3. The topological polar surface area (TPSA) is 19.4 Å². The van der Waals surface area contributed by atoms with Crippen molar-refractivity contribution in [2.45, 2.75) is 13.5 Å². The molecule has 2 aromatic rings. The summed E-state index contributed by atoms with van der Waals surface area (Å²) in [5, 5.41) is 0. The Labute approximate surface area is 125 Å². The van der Waals surface area contributed by atoms with Crippen molar-refractivity contribution >= 4 is 5.69 Å². The third kappa shape index (κ3) is 3.22. The normalized spacial score (nSPS) is 16.2. The number of halogens is 1. The largest absolute Gasteiger partial charge is 0.367 e. The van der Waals surface area contributed by atoms with Crippen LogP contribution in [-0.2, 0) is 6.54 Å². The lowest BCUT2D eigenvalue weighted by Gasteiger charge is -2.36. The minimum absolute atomic E-state index is 0.131. The van der Waals surface area contributed by atoms with Crippen LogP contribution in [0, 0.1) is 12.7 Å². The number of anilines is 1. The average Bonchev–Trinajstić information content (AvgIpc) is 2.51. The van der Waals surface area contributed by atoms with E-state index in [2.05, 4.69) is 20.9 Å². The summed E-state index contributed by atoms with van der Waals surface area (Å²) in [6.07, 6.45) is 1.83. The van der Waals surface area contributed by atoms with Gasteiger partial charge in [0.25, 0.3) is 0 Å². The monoisotopic (exact) mass is 285 g/mol. The number of aryl methyl sites for hydroxylation is 1. The van der Waals surface area contributed by atoms with Crippen molar-refractivity contribution in [3.8, 4) is 0 Å². The van der Waals surface area contributed by atoms with Crippen LogP contribution in [0.4, 0.5) is 10.1 Å². The van der Waals surface area contributed by atoms with Crippen LogP contribution in [0.2, 0.25) is 0 Å². The second-order valence-corrected chi connectivity index (χ2v) is 5.46. The molecule has 0 aliphatic carbocycles. The van der Waals surface area contributed by atoms with Gasteiger partial charge in [0.1, 0.15) is 5.82 Å². The molecular formula is C17H20FN3. The van der Waals surface area contributed by atoms with Crippen LogP contribution in [0.5, 0.6) is 0 Å². The number of rotatable bonds is 3. The molecule has 4 heteroatoms. The van der Waals surface area contributed by atoms with Gasteiger partial charge in [-0.15, -0.1) is 0 Å². The quantitative estimate of drug-likeness (QED) is 0.864. The molecule has 0 saturated carbocycles. The van der Waals surface area contributed by atoms with Gasteiger partial charge in [0, 0.05) is 44.6 Å². The predicted octanol–water partition coefficient (Wildman–Crippen LogP) is 2.85. The van der Waals surface area contributed by atoms with Crippen LogP contribution in [0.15, 0.2) is 42.6 Å². The number of hydrogen-bond donors (Lipinski definition) is 0. The Morgan fingerprint density at radius 3 is 2.52 bits per heavy atom. The summed E-state index contributed by atoms with van der Waals surface area (Å²) in [4.78, 5) is 8.86. The molecule has 0 atom stereocenters. The molecule has 1 aliphatic rings. The zero-order valence-electron chi connectivity index (χ0n) is 12.3. The summed E-state index contributed by atoms with van der Waals surface area (Å²) in [6, 6.07) is 11.1. The highest BCUT2D eigenvalue weighted by Gasteiger charge is 2.19. The number of hydrogen-bond acceptors (Lipinski definition) is 3. The molecule has 0 unspecified atom stereocenters. The SMILES string of the molecule is Cc1ncccc1CN1CCN(c2ccccc2F)CC1. The third-order valence-electron chi connectivity index (χ3n) is 4.08. The fourth-order valence-electron chi connectivity index (χ4n) is 2.78. The number of pyridine rings is 1. The molecule has 3 rings (SSSR count).